The number of nitrogen functional groups attached to an aromatic ring is 1. The first-order chi connectivity index (χ1) is 11.7. The van der Waals surface area contributed by atoms with E-state index in [0.717, 1.165) is 16.4 Å². The number of nitrogens with two attached hydrogens (primary N) is 1. The van der Waals surface area contributed by atoms with E-state index in [-0.39, 0.29) is 33.8 Å². The van der Waals surface area contributed by atoms with Gasteiger partial charge in [-0.25, -0.2) is 0 Å². The van der Waals surface area contributed by atoms with Gasteiger partial charge in [0.25, 0.3) is 5.56 Å². The molecule has 0 atom stereocenters. The van der Waals surface area contributed by atoms with Crippen LogP contribution in [0, 0.1) is 6.92 Å². The van der Waals surface area contributed by atoms with Gasteiger partial charge in [-0.1, -0.05) is 11.8 Å². The van der Waals surface area contributed by atoms with Crippen LogP contribution in [0.3, 0.4) is 0 Å². The lowest BCUT2D eigenvalue weighted by Crippen LogP contribution is -2.32. The number of thioether (sulfide) groups is 1. The van der Waals surface area contributed by atoms with Crippen LogP contribution in [0.2, 0.25) is 0 Å². The molecule has 0 aliphatic carbocycles. The zero-order chi connectivity index (χ0) is 18.2. The number of amides is 1. The molecular weight excluding hydrogens is 360 g/mol. The number of halogens is 2. The van der Waals surface area contributed by atoms with Crippen LogP contribution in [0.1, 0.15) is 5.69 Å². The highest BCUT2D eigenvalue weighted by Gasteiger charge is 2.43. The molecule has 1 aromatic carbocycles. The predicted molar refractivity (Wildman–Crippen MR) is 83.2 cm³/mol. The summed E-state index contributed by atoms with van der Waals surface area (Å²) < 4.78 is 35.3. The van der Waals surface area contributed by atoms with Gasteiger partial charge in [-0.05, 0) is 19.1 Å². The molecule has 9 nitrogen and oxygen atoms in total. The fourth-order valence-electron chi connectivity index (χ4n) is 1.92. The van der Waals surface area contributed by atoms with Crippen LogP contribution in [-0.2, 0) is 4.79 Å². The lowest BCUT2D eigenvalue weighted by atomic mass is 10.3. The highest BCUT2D eigenvalue weighted by Crippen LogP contribution is 2.42. The Morgan fingerprint density at radius 2 is 2.08 bits per heavy atom. The second-order valence-corrected chi connectivity index (χ2v) is 5.85. The highest BCUT2D eigenvalue weighted by molar-refractivity contribution is 7.99. The summed E-state index contributed by atoms with van der Waals surface area (Å²) in [7, 11) is 0. The third-order valence-corrected chi connectivity index (χ3v) is 3.98. The molecule has 3 N–H and O–H groups in total. The zero-order valence-corrected chi connectivity index (χ0v) is 13.5. The Hall–Kier alpha value is -2.89. The number of carbonyl (C=O) groups excluding carboxylic acids is 1. The third-order valence-electron chi connectivity index (χ3n) is 3.04. The van der Waals surface area contributed by atoms with Crippen molar-refractivity contribution in [1.82, 2.24) is 14.9 Å². The van der Waals surface area contributed by atoms with Crippen molar-refractivity contribution in [2.24, 2.45) is 0 Å². The Bertz CT molecular complexity index is 904. The molecule has 0 unspecified atom stereocenters. The average Bonchev–Trinajstić information content (AvgIpc) is 2.85. The van der Waals surface area contributed by atoms with Crippen molar-refractivity contribution in [2.45, 2.75) is 18.4 Å². The first-order valence-corrected chi connectivity index (χ1v) is 7.78. The summed E-state index contributed by atoms with van der Waals surface area (Å²) in [6.07, 6.45) is -3.73. The summed E-state index contributed by atoms with van der Waals surface area (Å²) >= 11 is 0.899. The fourth-order valence-corrected chi connectivity index (χ4v) is 2.58. The van der Waals surface area contributed by atoms with Gasteiger partial charge in [0, 0.05) is 11.8 Å². The monoisotopic (exact) mass is 371 g/mol. The molecule has 0 fully saturated rings. The number of aromatic nitrogens is 3. The maximum Gasteiger partial charge on any atom is 0.586 e. The van der Waals surface area contributed by atoms with E-state index in [2.05, 4.69) is 25.0 Å². The quantitative estimate of drug-likeness (QED) is 0.595. The molecule has 0 saturated heterocycles. The maximum atomic E-state index is 13.0. The van der Waals surface area contributed by atoms with Crippen LogP contribution in [0.25, 0.3) is 0 Å². The van der Waals surface area contributed by atoms with Crippen molar-refractivity contribution in [3.05, 3.63) is 34.2 Å². The Morgan fingerprint density at radius 3 is 2.84 bits per heavy atom. The lowest BCUT2D eigenvalue weighted by molar-refractivity contribution is -0.286. The van der Waals surface area contributed by atoms with E-state index < -0.39 is 17.8 Å². The van der Waals surface area contributed by atoms with E-state index in [1.54, 1.807) is 0 Å². The number of nitrogens with one attached hydrogen (secondary N) is 1. The summed E-state index contributed by atoms with van der Waals surface area (Å²) in [6, 6.07) is 3.85. The Morgan fingerprint density at radius 1 is 1.36 bits per heavy atom. The van der Waals surface area contributed by atoms with Crippen molar-refractivity contribution in [2.75, 3.05) is 16.9 Å². The maximum absolute atomic E-state index is 13.0. The summed E-state index contributed by atoms with van der Waals surface area (Å²) in [6.45, 7) is 1.46. The normalized spacial score (nSPS) is 14.4. The number of ether oxygens (including phenoxy) is 2. The van der Waals surface area contributed by atoms with Gasteiger partial charge < -0.3 is 20.6 Å². The van der Waals surface area contributed by atoms with Crippen molar-refractivity contribution in [3.8, 4) is 11.5 Å². The first kappa shape index (κ1) is 17.0. The molecule has 1 aromatic heterocycles. The van der Waals surface area contributed by atoms with Crippen LogP contribution in [0.4, 0.5) is 14.5 Å². The predicted octanol–water partition coefficient (Wildman–Crippen LogP) is 0.713. The number of rotatable bonds is 4. The molecule has 2 heterocycles. The van der Waals surface area contributed by atoms with Gasteiger partial charge in [0.1, 0.15) is 5.69 Å². The minimum absolute atomic E-state index is 0.0658. The van der Waals surface area contributed by atoms with Gasteiger partial charge in [0.2, 0.25) is 11.1 Å². The number of anilines is 1. The molecule has 1 aliphatic rings. The van der Waals surface area contributed by atoms with Crippen LogP contribution < -0.4 is 26.2 Å². The zero-order valence-electron chi connectivity index (χ0n) is 12.7. The number of hydrogen-bond acceptors (Lipinski definition) is 8. The van der Waals surface area contributed by atoms with Crippen LogP contribution in [0.5, 0.6) is 11.5 Å². The molecule has 2 aromatic rings. The van der Waals surface area contributed by atoms with Gasteiger partial charge >= 0.3 is 6.29 Å². The largest absolute Gasteiger partial charge is 0.586 e. The van der Waals surface area contributed by atoms with E-state index in [9.17, 15) is 18.4 Å². The Labute approximate surface area is 143 Å². The van der Waals surface area contributed by atoms with Crippen molar-refractivity contribution >= 4 is 23.4 Å². The molecule has 0 spiro atoms. The Balaban J connectivity index is 1.63. The molecule has 25 heavy (non-hydrogen) atoms. The van der Waals surface area contributed by atoms with Crippen LogP contribution in [-0.4, -0.2) is 32.8 Å². The topological polar surface area (TPSA) is 121 Å². The summed E-state index contributed by atoms with van der Waals surface area (Å²) in [5, 5.41) is 9.93. The summed E-state index contributed by atoms with van der Waals surface area (Å²) in [4.78, 5) is 23.6. The van der Waals surface area contributed by atoms with Gasteiger partial charge in [-0.2, -0.15) is 4.68 Å². The first-order valence-electron chi connectivity index (χ1n) is 6.79. The average molecular weight is 371 g/mol. The van der Waals surface area contributed by atoms with E-state index in [4.69, 9.17) is 5.84 Å². The standard InChI is InChI=1S/C13H11F2N5O4S/c1-6-11(22)20(16)12(19-18-6)25-5-10(21)17-7-2-3-8-9(4-7)24-13(14,15)23-8/h2-4H,5,16H2,1H3,(H,17,21). The van der Waals surface area contributed by atoms with Gasteiger partial charge in [0.15, 0.2) is 11.5 Å². The van der Waals surface area contributed by atoms with E-state index in [1.807, 2.05) is 0 Å². The van der Waals surface area contributed by atoms with Gasteiger partial charge in [0.05, 0.1) is 5.75 Å². The number of fused-ring (bicyclic) bond motifs is 1. The van der Waals surface area contributed by atoms with Crippen molar-refractivity contribution in [3.63, 3.8) is 0 Å². The molecular formula is C13H11F2N5O4S. The van der Waals surface area contributed by atoms with Crippen LogP contribution in [0.15, 0.2) is 28.2 Å². The third kappa shape index (κ3) is 3.63. The fraction of sp³-hybridized carbons (Fsp3) is 0.231. The molecule has 0 radical (unpaired) electrons. The van der Waals surface area contributed by atoms with Gasteiger partial charge in [-0.3, -0.25) is 9.59 Å². The van der Waals surface area contributed by atoms with E-state index >= 15 is 0 Å². The number of carbonyl (C=O) groups is 1. The molecule has 0 saturated carbocycles. The molecule has 3 rings (SSSR count). The van der Waals surface area contributed by atoms with Gasteiger partial charge in [-0.15, -0.1) is 19.0 Å². The lowest BCUT2D eigenvalue weighted by Gasteiger charge is -2.07. The number of hydrogen-bond donors (Lipinski definition) is 2. The number of nitrogens with zero attached hydrogens (tertiary/aromatic N) is 3. The molecule has 1 amide bonds. The second-order valence-electron chi connectivity index (χ2n) is 4.91. The highest BCUT2D eigenvalue weighted by atomic mass is 32.2. The molecule has 1 aliphatic heterocycles. The van der Waals surface area contributed by atoms with Crippen LogP contribution >= 0.6 is 11.8 Å². The van der Waals surface area contributed by atoms with E-state index in [1.165, 1.54) is 25.1 Å². The molecule has 132 valence electrons. The minimum Gasteiger partial charge on any atom is -0.395 e. The smallest absolute Gasteiger partial charge is 0.395 e. The summed E-state index contributed by atoms with van der Waals surface area (Å²) in [5.74, 6) is 4.65. The molecule has 12 heteroatoms. The van der Waals surface area contributed by atoms with Crippen molar-refractivity contribution in [1.29, 1.82) is 0 Å². The summed E-state index contributed by atoms with van der Waals surface area (Å²) in [5.41, 5.74) is -0.145. The Kier molecular flexibility index (Phi) is 4.20. The second kappa shape index (κ2) is 6.20. The number of benzene rings is 1. The number of alkyl halides is 2. The SMILES string of the molecule is Cc1nnc(SCC(=O)Nc2ccc3c(c2)OC(F)(F)O3)n(N)c1=O. The number of aryl methyl sites for hydroxylation is 1. The van der Waals surface area contributed by atoms with E-state index in [0.29, 0.717) is 0 Å². The minimum atomic E-state index is -3.73. The van der Waals surface area contributed by atoms with Crippen molar-refractivity contribution < 1.29 is 23.0 Å². The molecule has 0 bridgehead atoms.